The Morgan fingerprint density at radius 1 is 1.29 bits per heavy atom. The SMILES string of the molecule is O=[N+]([O-])[O-].[Fe+2].[O-]Cl. The van der Waals surface area contributed by atoms with Gasteiger partial charge in [0.1, 0.15) is 0 Å². The van der Waals surface area contributed by atoms with Gasteiger partial charge in [0.15, 0.2) is 0 Å². The normalized spacial score (nSPS) is 4.29. The molecule has 0 radical (unpaired) electrons. The summed E-state index contributed by atoms with van der Waals surface area (Å²) in [6.07, 6.45) is 0. The van der Waals surface area contributed by atoms with Crippen molar-refractivity contribution in [3.05, 3.63) is 15.3 Å². The summed E-state index contributed by atoms with van der Waals surface area (Å²) in [4.78, 5) is 8.25. The van der Waals surface area contributed by atoms with Crippen LogP contribution in [0.15, 0.2) is 0 Å². The van der Waals surface area contributed by atoms with Gasteiger partial charge in [0.05, 0.1) is 5.09 Å². The smallest absolute Gasteiger partial charge is 0.769 e. The van der Waals surface area contributed by atoms with Crippen LogP contribution in [0.1, 0.15) is 0 Å². The summed E-state index contributed by atoms with van der Waals surface area (Å²) in [6.45, 7) is 0. The second-order valence-corrected chi connectivity index (χ2v) is 0.224. The molecule has 0 aliphatic rings. The third-order valence-electron chi connectivity index (χ3n) is 0. The topological polar surface area (TPSA) is 89.3 Å². The average molecular weight is 169 g/mol. The van der Waals surface area contributed by atoms with E-state index in [2.05, 4.69) is 11.9 Å². The number of nitrogens with zero attached hydrogens (tertiary/aromatic N) is 1. The van der Waals surface area contributed by atoms with Crippen molar-refractivity contribution in [1.29, 1.82) is 0 Å². The van der Waals surface area contributed by atoms with Crippen LogP contribution in [0.4, 0.5) is 0 Å². The van der Waals surface area contributed by atoms with Gasteiger partial charge in [0.25, 0.3) is 0 Å². The fraction of sp³-hybridized carbons (Fsp3) is 0. The summed E-state index contributed by atoms with van der Waals surface area (Å²) in [5.41, 5.74) is 0. The van der Waals surface area contributed by atoms with Crippen molar-refractivity contribution < 1.29 is 26.8 Å². The van der Waals surface area contributed by atoms with E-state index in [0.717, 1.165) is 0 Å². The monoisotopic (exact) mass is 169 g/mol. The number of hydrogen-bond acceptors (Lipinski definition) is 4. The molecule has 0 aliphatic carbocycles. The number of halogens is 1. The molecule has 0 aromatic heterocycles. The summed E-state index contributed by atoms with van der Waals surface area (Å²) in [6, 6.07) is 0. The zero-order chi connectivity index (χ0) is 5.58. The third kappa shape index (κ3) is 101000. The van der Waals surface area contributed by atoms with Crippen molar-refractivity contribution >= 4 is 11.9 Å². The summed E-state index contributed by atoms with van der Waals surface area (Å²) < 4.78 is 7.72. The Kier molecular flexibility index (Phi) is 37.6. The summed E-state index contributed by atoms with van der Waals surface area (Å²) in [5.74, 6) is 0. The van der Waals surface area contributed by atoms with Gasteiger partial charge < -0.3 is 20.0 Å². The molecule has 0 rings (SSSR count). The van der Waals surface area contributed by atoms with Crippen LogP contribution < -0.4 is 4.66 Å². The van der Waals surface area contributed by atoms with Crippen molar-refractivity contribution in [3.8, 4) is 0 Å². The molecule has 0 fully saturated rings. The fourth-order valence-electron chi connectivity index (χ4n) is 0. The van der Waals surface area contributed by atoms with Gasteiger partial charge in [-0.25, -0.2) is 11.9 Å². The standard InChI is InChI=1S/ClO.Fe.NO3/c1-2;;2-1(3)4/q-1;+2;-1. The van der Waals surface area contributed by atoms with E-state index in [1.165, 1.54) is 0 Å². The molecule has 7 heteroatoms. The van der Waals surface area contributed by atoms with Gasteiger partial charge in [-0.3, -0.25) is 0 Å². The van der Waals surface area contributed by atoms with Gasteiger partial charge in [-0.1, -0.05) is 0 Å². The Hall–Kier alpha value is -0.0305. The van der Waals surface area contributed by atoms with Crippen LogP contribution in [-0.2, 0) is 17.1 Å². The van der Waals surface area contributed by atoms with E-state index in [1.54, 1.807) is 0 Å². The predicted molar refractivity (Wildman–Crippen MR) is 16.2 cm³/mol. The third-order valence-corrected chi connectivity index (χ3v) is 0. The Balaban J connectivity index is -0.0000000480. The molecule has 0 unspecified atom stereocenters. The first-order valence-corrected chi connectivity index (χ1v) is 1.01. The minimum atomic E-state index is -1.75. The van der Waals surface area contributed by atoms with Crippen LogP contribution in [0.5, 0.6) is 0 Å². The zero-order valence-corrected chi connectivity index (χ0v) is 4.67. The molecule has 0 atom stereocenters. The molecule has 7 heavy (non-hydrogen) atoms. The van der Waals surface area contributed by atoms with E-state index >= 15 is 0 Å². The van der Waals surface area contributed by atoms with Gasteiger partial charge in [0, 0.05) is 0 Å². The molecular formula is ClFeNO4. The summed E-state index contributed by atoms with van der Waals surface area (Å²) in [7, 11) is 0. The zero-order valence-electron chi connectivity index (χ0n) is 2.81. The Bertz CT molecular complexity index is 34.7. The first-order chi connectivity index (χ1) is 2.73. The predicted octanol–water partition coefficient (Wildman–Crippen LogP) is -0.741. The van der Waals surface area contributed by atoms with E-state index in [-0.39, 0.29) is 17.1 Å². The number of hydrogen-bond donors (Lipinski definition) is 0. The van der Waals surface area contributed by atoms with Gasteiger partial charge >= 0.3 is 17.1 Å². The van der Waals surface area contributed by atoms with Crippen LogP contribution in [-0.4, -0.2) is 5.09 Å². The molecular weight excluding hydrogens is 169 g/mol. The number of rotatable bonds is 0. The maximum absolute atomic E-state index is 8.25. The van der Waals surface area contributed by atoms with Crippen LogP contribution in [0.3, 0.4) is 0 Å². The molecule has 0 heterocycles. The van der Waals surface area contributed by atoms with Crippen LogP contribution >= 0.6 is 11.9 Å². The molecule has 0 N–H and O–H groups in total. The van der Waals surface area contributed by atoms with E-state index in [4.69, 9.17) is 20.0 Å². The van der Waals surface area contributed by atoms with Crippen LogP contribution in [0.2, 0.25) is 0 Å². The Labute approximate surface area is 54.6 Å². The Morgan fingerprint density at radius 3 is 1.29 bits per heavy atom. The first kappa shape index (κ1) is 15.8. The van der Waals surface area contributed by atoms with Crippen molar-refractivity contribution in [1.82, 2.24) is 0 Å². The van der Waals surface area contributed by atoms with Gasteiger partial charge in [-0.15, -0.1) is 0 Å². The molecule has 0 saturated carbocycles. The summed E-state index contributed by atoms with van der Waals surface area (Å²) in [5, 5.41) is 14.8. The molecule has 0 saturated heterocycles. The molecule has 0 bridgehead atoms. The van der Waals surface area contributed by atoms with Crippen LogP contribution in [0.25, 0.3) is 0 Å². The molecule has 5 nitrogen and oxygen atoms in total. The second-order valence-electron chi connectivity index (χ2n) is 0.224. The van der Waals surface area contributed by atoms with Gasteiger partial charge in [-0.2, -0.15) is 0 Å². The molecule has 0 spiro atoms. The van der Waals surface area contributed by atoms with E-state index in [0.29, 0.717) is 0 Å². The first-order valence-electron chi connectivity index (χ1n) is 0.702. The minimum Gasteiger partial charge on any atom is -0.769 e. The molecule has 0 aromatic carbocycles. The van der Waals surface area contributed by atoms with Crippen LogP contribution in [0, 0.1) is 15.3 Å². The molecule has 0 aliphatic heterocycles. The minimum absolute atomic E-state index is 0. The van der Waals surface area contributed by atoms with Crippen molar-refractivity contribution in [2.45, 2.75) is 0 Å². The maximum atomic E-state index is 8.25. The van der Waals surface area contributed by atoms with Crippen molar-refractivity contribution in [2.75, 3.05) is 0 Å². The van der Waals surface area contributed by atoms with Crippen molar-refractivity contribution in [3.63, 3.8) is 0 Å². The van der Waals surface area contributed by atoms with E-state index < -0.39 is 5.09 Å². The molecule has 0 aromatic rings. The van der Waals surface area contributed by atoms with Gasteiger partial charge in [-0.05, 0) is 0 Å². The average Bonchev–Trinajstić information content (AvgIpc) is 1.41. The molecule has 0 amide bonds. The fourth-order valence-corrected chi connectivity index (χ4v) is 0. The van der Waals surface area contributed by atoms with Gasteiger partial charge in [0.2, 0.25) is 0 Å². The second kappa shape index (κ2) is 16.7. The summed E-state index contributed by atoms with van der Waals surface area (Å²) >= 11 is 3.39. The van der Waals surface area contributed by atoms with Crippen molar-refractivity contribution in [2.24, 2.45) is 0 Å². The molecule has 44 valence electrons. The van der Waals surface area contributed by atoms with E-state index in [9.17, 15) is 0 Å². The largest absolute Gasteiger partial charge is 2.00 e. The quantitative estimate of drug-likeness (QED) is 0.271. The van der Waals surface area contributed by atoms with E-state index in [1.807, 2.05) is 0 Å². The Morgan fingerprint density at radius 2 is 1.29 bits per heavy atom. The maximum Gasteiger partial charge on any atom is 2.00 e.